The molecule has 0 spiro atoms. The Kier molecular flexibility index (Phi) is 3.07. The standard InChI is InChI=1S/C12H7Cl2N3S/c13-8-2-1-3-9(6-8)15-7-10-11(14)16-12-17(10)4-5-18-12/h1-7H. The summed E-state index contributed by atoms with van der Waals surface area (Å²) in [6.07, 6.45) is 3.61. The number of imidazole rings is 1. The minimum absolute atomic E-state index is 0.452. The SMILES string of the molecule is Clc1cccc(N=Cc2c(Cl)nc3sccn23)c1. The third kappa shape index (κ3) is 2.14. The fourth-order valence-corrected chi connectivity index (χ4v) is 2.76. The van der Waals surface area contributed by atoms with Gasteiger partial charge in [0.25, 0.3) is 0 Å². The van der Waals surface area contributed by atoms with Gasteiger partial charge in [0, 0.05) is 16.6 Å². The van der Waals surface area contributed by atoms with Gasteiger partial charge in [0.05, 0.1) is 11.9 Å². The Morgan fingerprint density at radius 2 is 2.22 bits per heavy atom. The fraction of sp³-hybridized carbons (Fsp3) is 0. The van der Waals surface area contributed by atoms with E-state index >= 15 is 0 Å². The Labute approximate surface area is 117 Å². The Bertz CT molecular complexity index is 730. The van der Waals surface area contributed by atoms with E-state index in [1.54, 1.807) is 12.3 Å². The maximum Gasteiger partial charge on any atom is 0.195 e. The van der Waals surface area contributed by atoms with Crippen molar-refractivity contribution in [3.05, 3.63) is 51.7 Å². The molecule has 0 aliphatic carbocycles. The first-order valence-corrected chi connectivity index (χ1v) is 6.78. The van der Waals surface area contributed by atoms with Crippen LogP contribution < -0.4 is 0 Å². The van der Waals surface area contributed by atoms with E-state index in [1.165, 1.54) is 11.3 Å². The number of halogens is 2. The molecule has 0 saturated carbocycles. The Morgan fingerprint density at radius 1 is 1.33 bits per heavy atom. The van der Waals surface area contributed by atoms with Gasteiger partial charge >= 0.3 is 0 Å². The van der Waals surface area contributed by atoms with Crippen molar-refractivity contribution in [1.82, 2.24) is 9.38 Å². The second-order valence-corrected chi connectivity index (χ2v) is 5.25. The first kappa shape index (κ1) is 11.7. The molecule has 0 unspecified atom stereocenters. The molecule has 0 N–H and O–H groups in total. The van der Waals surface area contributed by atoms with E-state index in [2.05, 4.69) is 9.98 Å². The molecular weight excluding hydrogens is 289 g/mol. The number of aliphatic imine (C=N–C) groups is 1. The van der Waals surface area contributed by atoms with Crippen molar-refractivity contribution < 1.29 is 0 Å². The monoisotopic (exact) mass is 295 g/mol. The number of fused-ring (bicyclic) bond motifs is 1. The molecule has 0 amide bonds. The van der Waals surface area contributed by atoms with Gasteiger partial charge in [0.1, 0.15) is 5.69 Å². The first-order chi connectivity index (χ1) is 8.74. The van der Waals surface area contributed by atoms with E-state index < -0.39 is 0 Å². The normalized spacial score (nSPS) is 11.7. The van der Waals surface area contributed by atoms with Gasteiger partial charge in [0.2, 0.25) is 0 Å². The van der Waals surface area contributed by atoms with Gasteiger partial charge in [-0.2, -0.15) is 0 Å². The van der Waals surface area contributed by atoms with Crippen LogP contribution in [-0.2, 0) is 0 Å². The molecule has 3 aromatic rings. The average molecular weight is 296 g/mol. The lowest BCUT2D eigenvalue weighted by Gasteiger charge is -1.94. The van der Waals surface area contributed by atoms with E-state index in [0.29, 0.717) is 10.2 Å². The van der Waals surface area contributed by atoms with E-state index in [0.717, 1.165) is 16.3 Å². The summed E-state index contributed by atoms with van der Waals surface area (Å²) in [4.78, 5) is 9.44. The molecule has 0 aliphatic rings. The third-order valence-electron chi connectivity index (χ3n) is 2.40. The molecule has 2 heterocycles. The molecule has 0 atom stereocenters. The summed E-state index contributed by atoms with van der Waals surface area (Å²) in [5.41, 5.74) is 1.55. The third-order valence-corrected chi connectivity index (χ3v) is 3.67. The van der Waals surface area contributed by atoms with Crippen LogP contribution >= 0.6 is 34.5 Å². The van der Waals surface area contributed by atoms with Crippen LogP contribution in [0.25, 0.3) is 4.96 Å². The molecule has 2 aromatic heterocycles. The molecule has 0 fully saturated rings. The van der Waals surface area contributed by atoms with Crippen LogP contribution in [0.1, 0.15) is 5.69 Å². The molecule has 0 radical (unpaired) electrons. The van der Waals surface area contributed by atoms with Crippen LogP contribution in [0.5, 0.6) is 0 Å². The highest BCUT2D eigenvalue weighted by molar-refractivity contribution is 7.15. The largest absolute Gasteiger partial charge is 0.288 e. The number of nitrogens with zero attached hydrogens (tertiary/aromatic N) is 3. The molecule has 3 rings (SSSR count). The van der Waals surface area contributed by atoms with Crippen molar-refractivity contribution in [3.63, 3.8) is 0 Å². The molecule has 0 saturated heterocycles. The van der Waals surface area contributed by atoms with E-state index in [4.69, 9.17) is 23.2 Å². The smallest absolute Gasteiger partial charge is 0.195 e. The number of hydrogen-bond acceptors (Lipinski definition) is 3. The minimum atomic E-state index is 0.452. The molecule has 0 aliphatic heterocycles. The van der Waals surface area contributed by atoms with Gasteiger partial charge in [-0.25, -0.2) is 4.98 Å². The number of thiazole rings is 1. The van der Waals surface area contributed by atoms with Crippen LogP contribution in [0.4, 0.5) is 5.69 Å². The molecular formula is C12H7Cl2N3S. The van der Waals surface area contributed by atoms with Gasteiger partial charge in [0.15, 0.2) is 10.1 Å². The molecule has 6 heteroatoms. The quantitative estimate of drug-likeness (QED) is 0.642. The Morgan fingerprint density at radius 3 is 3.06 bits per heavy atom. The number of rotatable bonds is 2. The summed E-state index contributed by atoms with van der Waals surface area (Å²) in [5, 5.41) is 3.06. The van der Waals surface area contributed by atoms with Crippen LogP contribution in [0.2, 0.25) is 10.2 Å². The number of benzene rings is 1. The lowest BCUT2D eigenvalue weighted by molar-refractivity contribution is 1.21. The number of aromatic nitrogens is 2. The van der Waals surface area contributed by atoms with E-state index in [1.807, 2.05) is 34.2 Å². The lowest BCUT2D eigenvalue weighted by atomic mass is 10.3. The van der Waals surface area contributed by atoms with Crippen molar-refractivity contribution >= 4 is 51.4 Å². The zero-order chi connectivity index (χ0) is 12.5. The summed E-state index contributed by atoms with van der Waals surface area (Å²) < 4.78 is 1.90. The maximum absolute atomic E-state index is 6.06. The highest BCUT2D eigenvalue weighted by Crippen LogP contribution is 2.22. The van der Waals surface area contributed by atoms with Gasteiger partial charge < -0.3 is 0 Å². The maximum atomic E-state index is 6.06. The fourth-order valence-electron chi connectivity index (χ4n) is 1.58. The summed E-state index contributed by atoms with van der Waals surface area (Å²) in [6, 6.07) is 7.33. The van der Waals surface area contributed by atoms with Crippen molar-refractivity contribution in [2.24, 2.45) is 4.99 Å². The van der Waals surface area contributed by atoms with Gasteiger partial charge in [-0.3, -0.25) is 9.39 Å². The van der Waals surface area contributed by atoms with Crippen molar-refractivity contribution in [2.45, 2.75) is 0 Å². The molecule has 3 nitrogen and oxygen atoms in total. The topological polar surface area (TPSA) is 29.7 Å². The lowest BCUT2D eigenvalue weighted by Crippen LogP contribution is -1.87. The predicted molar refractivity (Wildman–Crippen MR) is 76.8 cm³/mol. The van der Waals surface area contributed by atoms with Gasteiger partial charge in [-0.15, -0.1) is 11.3 Å². The Hall–Kier alpha value is -1.36. The zero-order valence-corrected chi connectivity index (χ0v) is 11.4. The van der Waals surface area contributed by atoms with Crippen molar-refractivity contribution in [3.8, 4) is 0 Å². The van der Waals surface area contributed by atoms with E-state index in [9.17, 15) is 0 Å². The van der Waals surface area contributed by atoms with Crippen molar-refractivity contribution in [1.29, 1.82) is 0 Å². The second kappa shape index (κ2) is 4.72. The second-order valence-electron chi connectivity index (χ2n) is 3.58. The summed E-state index contributed by atoms with van der Waals surface area (Å²) >= 11 is 13.5. The van der Waals surface area contributed by atoms with E-state index in [-0.39, 0.29) is 0 Å². The predicted octanol–water partition coefficient (Wildman–Crippen LogP) is 4.45. The van der Waals surface area contributed by atoms with Gasteiger partial charge in [-0.1, -0.05) is 29.3 Å². The minimum Gasteiger partial charge on any atom is -0.288 e. The Balaban J connectivity index is 2.01. The van der Waals surface area contributed by atoms with Gasteiger partial charge in [-0.05, 0) is 18.2 Å². The zero-order valence-electron chi connectivity index (χ0n) is 9.05. The molecule has 90 valence electrons. The highest BCUT2D eigenvalue weighted by atomic mass is 35.5. The van der Waals surface area contributed by atoms with Crippen LogP contribution in [-0.4, -0.2) is 15.6 Å². The summed E-state index contributed by atoms with van der Waals surface area (Å²) in [5.74, 6) is 0. The summed E-state index contributed by atoms with van der Waals surface area (Å²) in [7, 11) is 0. The molecule has 18 heavy (non-hydrogen) atoms. The average Bonchev–Trinajstić information content (AvgIpc) is 2.87. The van der Waals surface area contributed by atoms with Crippen LogP contribution in [0.3, 0.4) is 0 Å². The summed E-state index contributed by atoms with van der Waals surface area (Å²) in [6.45, 7) is 0. The first-order valence-electron chi connectivity index (χ1n) is 5.15. The van der Waals surface area contributed by atoms with Crippen molar-refractivity contribution in [2.75, 3.05) is 0 Å². The molecule has 0 bridgehead atoms. The number of hydrogen-bond donors (Lipinski definition) is 0. The van der Waals surface area contributed by atoms with Crippen LogP contribution in [0.15, 0.2) is 40.8 Å². The molecule has 1 aromatic carbocycles. The highest BCUT2D eigenvalue weighted by Gasteiger charge is 2.08. The van der Waals surface area contributed by atoms with Crippen LogP contribution in [0, 0.1) is 0 Å².